The van der Waals surface area contributed by atoms with Gasteiger partial charge in [0, 0.05) is 6.42 Å². The van der Waals surface area contributed by atoms with E-state index in [4.69, 9.17) is 5.73 Å². The molecule has 0 heterocycles. The summed E-state index contributed by atoms with van der Waals surface area (Å²) in [5.41, 5.74) is 8.05. The number of carbonyl (C=O) groups excluding carboxylic acids is 1. The fraction of sp³-hybridized carbons (Fsp3) is 0.400. The van der Waals surface area contributed by atoms with Crippen LogP contribution in [0.15, 0.2) is 36.9 Å². The van der Waals surface area contributed by atoms with Gasteiger partial charge in [-0.3, -0.25) is 4.79 Å². The highest BCUT2D eigenvalue weighted by Gasteiger charge is 2.12. The molecule has 0 saturated heterocycles. The summed E-state index contributed by atoms with van der Waals surface area (Å²) >= 11 is 0. The number of hydrogen-bond donors (Lipinski definition) is 1. The van der Waals surface area contributed by atoms with Gasteiger partial charge in [0.25, 0.3) is 0 Å². The first-order chi connectivity index (χ1) is 8.04. The highest BCUT2D eigenvalue weighted by Crippen LogP contribution is 2.15. The first kappa shape index (κ1) is 13.7. The Morgan fingerprint density at radius 3 is 2.41 bits per heavy atom. The average Bonchev–Trinajstić information content (AvgIpc) is 2.30. The fourth-order valence-corrected chi connectivity index (χ4v) is 1.66. The molecule has 17 heavy (non-hydrogen) atoms. The molecule has 2 N–H and O–H groups in total. The molecule has 0 aromatic heterocycles. The minimum absolute atomic E-state index is 0.0715. The monoisotopic (exact) mass is 231 g/mol. The van der Waals surface area contributed by atoms with Crippen molar-refractivity contribution >= 4 is 5.78 Å². The fourth-order valence-electron chi connectivity index (χ4n) is 1.66. The van der Waals surface area contributed by atoms with Gasteiger partial charge in [-0.15, -0.1) is 6.58 Å². The maximum Gasteiger partial charge on any atom is 0.154 e. The topological polar surface area (TPSA) is 43.1 Å². The lowest BCUT2D eigenvalue weighted by molar-refractivity contribution is -0.119. The first-order valence-corrected chi connectivity index (χ1v) is 6.02. The second kappa shape index (κ2) is 6.36. The zero-order valence-corrected chi connectivity index (χ0v) is 10.6. The number of ketones is 1. The molecule has 1 aromatic carbocycles. The number of rotatable bonds is 6. The number of benzene rings is 1. The maximum absolute atomic E-state index is 11.7. The first-order valence-electron chi connectivity index (χ1n) is 6.02. The molecule has 0 spiro atoms. The van der Waals surface area contributed by atoms with Crippen LogP contribution in [0.1, 0.15) is 37.3 Å². The van der Waals surface area contributed by atoms with Gasteiger partial charge >= 0.3 is 0 Å². The Kier molecular flexibility index (Phi) is 5.11. The highest BCUT2D eigenvalue weighted by molar-refractivity contribution is 5.86. The van der Waals surface area contributed by atoms with Crippen molar-refractivity contribution in [3.63, 3.8) is 0 Å². The number of nitrogens with two attached hydrogens (primary N) is 1. The predicted molar refractivity (Wildman–Crippen MR) is 72.0 cm³/mol. The molecule has 0 amide bonds. The van der Waals surface area contributed by atoms with E-state index in [0.29, 0.717) is 18.8 Å². The minimum Gasteiger partial charge on any atom is -0.321 e. The van der Waals surface area contributed by atoms with Crippen LogP contribution in [0.2, 0.25) is 0 Å². The van der Waals surface area contributed by atoms with Crippen molar-refractivity contribution < 1.29 is 4.79 Å². The van der Waals surface area contributed by atoms with E-state index in [1.165, 1.54) is 5.56 Å². The lowest BCUT2D eigenvalue weighted by Crippen LogP contribution is -2.31. The molecular weight excluding hydrogens is 210 g/mol. The van der Waals surface area contributed by atoms with Crippen LogP contribution in [0.25, 0.3) is 0 Å². The van der Waals surface area contributed by atoms with Crippen LogP contribution in [-0.4, -0.2) is 11.8 Å². The van der Waals surface area contributed by atoms with Gasteiger partial charge in [-0.2, -0.15) is 0 Å². The summed E-state index contributed by atoms with van der Waals surface area (Å²) in [6.07, 6.45) is 2.64. The largest absolute Gasteiger partial charge is 0.321 e. The molecule has 0 aliphatic heterocycles. The third kappa shape index (κ3) is 4.16. The quantitative estimate of drug-likeness (QED) is 0.765. The summed E-state index contributed by atoms with van der Waals surface area (Å²) in [4.78, 5) is 11.7. The van der Waals surface area contributed by atoms with Crippen molar-refractivity contribution in [1.82, 2.24) is 0 Å². The molecule has 0 fully saturated rings. The Bertz CT molecular complexity index is 378. The van der Waals surface area contributed by atoms with Crippen LogP contribution >= 0.6 is 0 Å². The molecule has 1 aromatic rings. The Morgan fingerprint density at radius 1 is 1.35 bits per heavy atom. The van der Waals surface area contributed by atoms with E-state index >= 15 is 0 Å². The second-order valence-electron chi connectivity index (χ2n) is 4.67. The molecule has 1 unspecified atom stereocenters. The minimum atomic E-state index is -0.419. The lowest BCUT2D eigenvalue weighted by atomic mass is 9.98. The molecule has 0 bridgehead atoms. The van der Waals surface area contributed by atoms with E-state index in [1.54, 1.807) is 6.08 Å². The molecular formula is C15H21NO. The van der Waals surface area contributed by atoms with Crippen molar-refractivity contribution in [2.75, 3.05) is 0 Å². The summed E-state index contributed by atoms with van der Waals surface area (Å²) in [7, 11) is 0. The molecule has 1 rings (SSSR count). The summed E-state index contributed by atoms with van der Waals surface area (Å²) < 4.78 is 0. The van der Waals surface area contributed by atoms with Gasteiger partial charge in [-0.1, -0.05) is 44.2 Å². The smallest absolute Gasteiger partial charge is 0.154 e. The van der Waals surface area contributed by atoms with Gasteiger partial charge in [0.05, 0.1) is 6.04 Å². The number of hydrogen-bond acceptors (Lipinski definition) is 2. The third-order valence-electron chi connectivity index (χ3n) is 2.86. The lowest BCUT2D eigenvalue weighted by Gasteiger charge is -2.09. The molecule has 0 saturated carbocycles. The van der Waals surface area contributed by atoms with Crippen LogP contribution in [0, 0.1) is 0 Å². The van der Waals surface area contributed by atoms with Crippen molar-refractivity contribution in [3.8, 4) is 0 Å². The van der Waals surface area contributed by atoms with E-state index in [9.17, 15) is 4.79 Å². The molecule has 0 aliphatic carbocycles. The van der Waals surface area contributed by atoms with Crippen LogP contribution in [0.3, 0.4) is 0 Å². The Balaban J connectivity index is 2.63. The standard InChI is InChI=1S/C15H21NO/c1-4-5-14(16)15(17)10-12-6-8-13(9-7-12)11(2)3/h4,6-9,11,14H,1,5,10,16H2,2-3H3. The van der Waals surface area contributed by atoms with Crippen LogP contribution in [0.5, 0.6) is 0 Å². The molecule has 0 aliphatic rings. The van der Waals surface area contributed by atoms with Gasteiger partial charge in [-0.05, 0) is 23.5 Å². The third-order valence-corrected chi connectivity index (χ3v) is 2.86. The van der Waals surface area contributed by atoms with E-state index in [1.807, 2.05) is 12.1 Å². The van der Waals surface area contributed by atoms with Crippen LogP contribution in [0.4, 0.5) is 0 Å². The van der Waals surface area contributed by atoms with Gasteiger partial charge in [0.15, 0.2) is 5.78 Å². The van der Waals surface area contributed by atoms with E-state index < -0.39 is 6.04 Å². The molecule has 2 heteroatoms. The highest BCUT2D eigenvalue weighted by atomic mass is 16.1. The van der Waals surface area contributed by atoms with Crippen molar-refractivity contribution in [2.45, 2.75) is 38.6 Å². The van der Waals surface area contributed by atoms with E-state index in [2.05, 4.69) is 32.6 Å². The molecule has 0 radical (unpaired) electrons. The molecule has 2 nitrogen and oxygen atoms in total. The Hall–Kier alpha value is -1.41. The number of Topliss-reactive ketones (excluding diaryl/α,β-unsaturated/α-hetero) is 1. The zero-order chi connectivity index (χ0) is 12.8. The normalized spacial score (nSPS) is 12.5. The summed E-state index contributed by atoms with van der Waals surface area (Å²) in [6, 6.07) is 7.75. The van der Waals surface area contributed by atoms with Crippen molar-refractivity contribution in [2.24, 2.45) is 5.73 Å². The van der Waals surface area contributed by atoms with Crippen molar-refractivity contribution in [1.29, 1.82) is 0 Å². The SMILES string of the molecule is C=CCC(N)C(=O)Cc1ccc(C(C)C)cc1. The van der Waals surface area contributed by atoms with Gasteiger partial charge in [0.2, 0.25) is 0 Å². The molecule has 1 atom stereocenters. The Morgan fingerprint density at radius 2 is 1.94 bits per heavy atom. The summed E-state index contributed by atoms with van der Waals surface area (Å²) in [5, 5.41) is 0. The average molecular weight is 231 g/mol. The second-order valence-corrected chi connectivity index (χ2v) is 4.67. The maximum atomic E-state index is 11.7. The van der Waals surface area contributed by atoms with Crippen molar-refractivity contribution in [3.05, 3.63) is 48.0 Å². The number of carbonyl (C=O) groups is 1. The Labute approximate surface area is 104 Å². The van der Waals surface area contributed by atoms with Gasteiger partial charge < -0.3 is 5.73 Å². The van der Waals surface area contributed by atoms with Gasteiger partial charge in [0.1, 0.15) is 0 Å². The van der Waals surface area contributed by atoms with E-state index in [-0.39, 0.29) is 5.78 Å². The molecule has 92 valence electrons. The summed E-state index contributed by atoms with van der Waals surface area (Å²) in [6.45, 7) is 7.89. The van der Waals surface area contributed by atoms with E-state index in [0.717, 1.165) is 5.56 Å². The summed E-state index contributed by atoms with van der Waals surface area (Å²) in [5.74, 6) is 0.588. The predicted octanol–water partition coefficient (Wildman–Crippen LogP) is 2.83. The van der Waals surface area contributed by atoms with Crippen LogP contribution in [-0.2, 0) is 11.2 Å². The van der Waals surface area contributed by atoms with Crippen LogP contribution < -0.4 is 5.73 Å². The van der Waals surface area contributed by atoms with Gasteiger partial charge in [-0.25, -0.2) is 0 Å². The zero-order valence-electron chi connectivity index (χ0n) is 10.6.